The van der Waals surface area contributed by atoms with Gasteiger partial charge in [-0.15, -0.1) is 0 Å². The predicted octanol–water partition coefficient (Wildman–Crippen LogP) is 11.5. The Morgan fingerprint density at radius 2 is 0.556 bits per heavy atom. The number of nitrogens with zero attached hydrogens (tertiary/aromatic N) is 6. The van der Waals surface area contributed by atoms with Gasteiger partial charge in [-0.05, 0) is 122 Å². The molecule has 252 valence electrons. The summed E-state index contributed by atoms with van der Waals surface area (Å²) in [6, 6.07) is 44.8. The zero-order chi connectivity index (χ0) is 35.8. The summed E-state index contributed by atoms with van der Waals surface area (Å²) in [5.74, 6) is 0. The Kier molecular flexibility index (Phi) is 7.69. The lowest BCUT2D eigenvalue weighted by molar-refractivity contribution is 1.28. The summed E-state index contributed by atoms with van der Waals surface area (Å²) < 4.78 is 0. The number of rotatable bonds is 6. The largest absolute Gasteiger partial charge is 0.264 e. The Bertz CT molecular complexity index is 2580. The summed E-state index contributed by atoms with van der Waals surface area (Å²) in [6.07, 6.45) is 16.7. The van der Waals surface area contributed by atoms with E-state index in [-0.39, 0.29) is 0 Å². The standard InChI is InChI=1S/C48H30N6/c1-4-37(25-49-19-1)46-16-10-34(28-52-46)31-7-13-40-43(22-31)41-14-8-32(35-11-17-47(53-29-35)38-5-2-20-50-26-38)24-45(41)42-15-9-33(23-44(40)42)36-12-18-48(54-30-36)39-6-3-21-51-27-39/h1-30H. The van der Waals surface area contributed by atoms with Gasteiger partial charge in [0.05, 0.1) is 17.1 Å². The third-order valence-electron chi connectivity index (χ3n) is 10.1. The molecule has 6 aromatic heterocycles. The molecular weight excluding hydrogens is 661 g/mol. The summed E-state index contributed by atoms with van der Waals surface area (Å²) in [5, 5.41) is 7.13. The summed E-state index contributed by atoms with van der Waals surface area (Å²) in [6.45, 7) is 0. The molecule has 0 bridgehead atoms. The van der Waals surface area contributed by atoms with Crippen LogP contribution in [0.15, 0.2) is 183 Å². The smallest absolute Gasteiger partial charge is 0.0717 e. The van der Waals surface area contributed by atoms with Crippen molar-refractivity contribution in [2.24, 2.45) is 0 Å². The molecule has 0 atom stereocenters. The van der Waals surface area contributed by atoms with Gasteiger partial charge in [0.25, 0.3) is 0 Å². The highest BCUT2D eigenvalue weighted by molar-refractivity contribution is 6.26. The summed E-state index contributed by atoms with van der Waals surface area (Å²) in [7, 11) is 0. The van der Waals surface area contributed by atoms with Crippen LogP contribution >= 0.6 is 0 Å². The quantitative estimate of drug-likeness (QED) is 0.162. The molecule has 0 aliphatic rings. The molecule has 0 aliphatic heterocycles. The molecular formula is C48H30N6. The highest BCUT2D eigenvalue weighted by atomic mass is 14.7. The Hall–Kier alpha value is -7.44. The van der Waals surface area contributed by atoms with Gasteiger partial charge in [0, 0.05) is 89.2 Å². The minimum atomic E-state index is 0.898. The molecule has 0 spiro atoms. The third kappa shape index (κ3) is 5.72. The number of benzene rings is 4. The normalized spacial score (nSPS) is 11.3. The highest BCUT2D eigenvalue weighted by Crippen LogP contribution is 2.40. The van der Waals surface area contributed by atoms with E-state index in [9.17, 15) is 0 Å². The molecule has 0 N–H and O–H groups in total. The van der Waals surface area contributed by atoms with Gasteiger partial charge >= 0.3 is 0 Å². The van der Waals surface area contributed by atoms with Crippen molar-refractivity contribution in [3.8, 4) is 67.2 Å². The molecule has 54 heavy (non-hydrogen) atoms. The van der Waals surface area contributed by atoms with Gasteiger partial charge in [0.2, 0.25) is 0 Å². The van der Waals surface area contributed by atoms with Gasteiger partial charge < -0.3 is 0 Å². The maximum absolute atomic E-state index is 4.80. The number of fused-ring (bicyclic) bond motifs is 6. The summed E-state index contributed by atoms with van der Waals surface area (Å²) >= 11 is 0. The Labute approximate surface area is 311 Å². The molecule has 4 aromatic carbocycles. The minimum Gasteiger partial charge on any atom is -0.264 e. The number of pyridine rings is 6. The molecule has 10 aromatic rings. The van der Waals surface area contributed by atoms with Gasteiger partial charge in [-0.3, -0.25) is 29.9 Å². The Morgan fingerprint density at radius 1 is 0.241 bits per heavy atom. The second kappa shape index (κ2) is 13.3. The van der Waals surface area contributed by atoms with Crippen molar-refractivity contribution in [1.82, 2.24) is 29.9 Å². The van der Waals surface area contributed by atoms with Crippen molar-refractivity contribution in [2.45, 2.75) is 0 Å². The van der Waals surface area contributed by atoms with E-state index in [4.69, 9.17) is 15.0 Å². The van der Waals surface area contributed by atoms with Crippen LogP contribution in [0.3, 0.4) is 0 Å². The third-order valence-corrected chi connectivity index (χ3v) is 10.1. The number of hydrogen-bond donors (Lipinski definition) is 0. The van der Waals surface area contributed by atoms with Crippen molar-refractivity contribution >= 4 is 32.3 Å². The van der Waals surface area contributed by atoms with Crippen LogP contribution in [0.25, 0.3) is 99.5 Å². The van der Waals surface area contributed by atoms with Crippen LogP contribution in [0.2, 0.25) is 0 Å². The maximum Gasteiger partial charge on any atom is 0.0717 e. The molecule has 0 aliphatic carbocycles. The first-order valence-corrected chi connectivity index (χ1v) is 17.8. The zero-order valence-corrected chi connectivity index (χ0v) is 29.0. The number of aromatic nitrogens is 6. The fourth-order valence-electron chi connectivity index (χ4n) is 7.29. The van der Waals surface area contributed by atoms with Crippen molar-refractivity contribution in [3.63, 3.8) is 0 Å². The van der Waals surface area contributed by atoms with E-state index < -0.39 is 0 Å². The van der Waals surface area contributed by atoms with E-state index in [1.807, 2.05) is 73.6 Å². The average Bonchev–Trinajstić information content (AvgIpc) is 3.27. The summed E-state index contributed by atoms with van der Waals surface area (Å²) in [4.78, 5) is 27.2. The second-order valence-electron chi connectivity index (χ2n) is 13.3. The van der Waals surface area contributed by atoms with Gasteiger partial charge in [0.1, 0.15) is 0 Å². The molecule has 10 rings (SSSR count). The van der Waals surface area contributed by atoms with Crippen molar-refractivity contribution in [1.29, 1.82) is 0 Å². The van der Waals surface area contributed by atoms with Crippen LogP contribution in [-0.2, 0) is 0 Å². The van der Waals surface area contributed by atoms with Gasteiger partial charge in [-0.2, -0.15) is 0 Å². The van der Waals surface area contributed by atoms with Crippen LogP contribution in [0.4, 0.5) is 0 Å². The molecule has 0 saturated heterocycles. The van der Waals surface area contributed by atoms with E-state index in [1.165, 1.54) is 32.3 Å². The van der Waals surface area contributed by atoms with Crippen LogP contribution < -0.4 is 0 Å². The van der Waals surface area contributed by atoms with Crippen molar-refractivity contribution < 1.29 is 0 Å². The van der Waals surface area contributed by atoms with Crippen LogP contribution in [-0.4, -0.2) is 29.9 Å². The lowest BCUT2D eigenvalue weighted by atomic mass is 9.89. The van der Waals surface area contributed by atoms with E-state index in [0.717, 1.165) is 67.2 Å². The van der Waals surface area contributed by atoms with E-state index in [0.29, 0.717) is 0 Å². The lowest BCUT2D eigenvalue weighted by Gasteiger charge is -2.15. The second-order valence-corrected chi connectivity index (χ2v) is 13.3. The van der Waals surface area contributed by atoms with Gasteiger partial charge in [0.15, 0.2) is 0 Å². The SMILES string of the molecule is c1cncc(-c2ccc(-c3ccc4c(c3)c3ccc(-c5ccc(-c6cccnc6)nc5)cc3c3ccc(-c5ccc(-c6cccnc6)nc5)cc43)cn2)c1. The Morgan fingerprint density at radius 3 is 0.815 bits per heavy atom. The molecule has 6 heteroatoms. The molecule has 0 saturated carbocycles. The van der Waals surface area contributed by atoms with E-state index >= 15 is 0 Å². The maximum atomic E-state index is 4.80. The molecule has 6 nitrogen and oxygen atoms in total. The zero-order valence-electron chi connectivity index (χ0n) is 29.0. The topological polar surface area (TPSA) is 77.3 Å². The molecule has 0 radical (unpaired) electrons. The van der Waals surface area contributed by atoms with Crippen LogP contribution in [0, 0.1) is 0 Å². The summed E-state index contributed by atoms with van der Waals surface area (Å²) in [5.41, 5.74) is 12.2. The highest BCUT2D eigenvalue weighted by Gasteiger charge is 2.14. The average molecular weight is 691 g/mol. The van der Waals surface area contributed by atoms with Crippen molar-refractivity contribution in [2.75, 3.05) is 0 Å². The van der Waals surface area contributed by atoms with E-state index in [1.54, 1.807) is 18.6 Å². The number of hydrogen-bond acceptors (Lipinski definition) is 6. The monoisotopic (exact) mass is 690 g/mol. The van der Waals surface area contributed by atoms with Crippen LogP contribution in [0.5, 0.6) is 0 Å². The van der Waals surface area contributed by atoms with E-state index in [2.05, 4.69) is 106 Å². The molecule has 0 amide bonds. The lowest BCUT2D eigenvalue weighted by Crippen LogP contribution is -1.90. The first-order chi connectivity index (χ1) is 26.7. The minimum absolute atomic E-state index is 0.898. The predicted molar refractivity (Wildman–Crippen MR) is 218 cm³/mol. The van der Waals surface area contributed by atoms with Gasteiger partial charge in [-0.1, -0.05) is 54.6 Å². The molecule has 0 unspecified atom stereocenters. The Balaban J connectivity index is 1.12. The fourth-order valence-corrected chi connectivity index (χ4v) is 7.29. The molecule has 6 heterocycles. The fraction of sp³-hybridized carbons (Fsp3) is 0. The first-order valence-electron chi connectivity index (χ1n) is 17.8. The molecule has 0 fully saturated rings. The van der Waals surface area contributed by atoms with Crippen molar-refractivity contribution in [3.05, 3.63) is 183 Å². The van der Waals surface area contributed by atoms with Gasteiger partial charge in [-0.25, -0.2) is 0 Å². The first kappa shape index (κ1) is 31.3. The van der Waals surface area contributed by atoms with Crippen LogP contribution in [0.1, 0.15) is 0 Å².